The average molecular weight is 362 g/mol. The van der Waals surface area contributed by atoms with Gasteiger partial charge in [-0.3, -0.25) is 14.9 Å². The van der Waals surface area contributed by atoms with E-state index in [2.05, 4.69) is 15.8 Å². The van der Waals surface area contributed by atoms with Gasteiger partial charge in [-0.15, -0.1) is 0 Å². The maximum atomic E-state index is 12.0. The smallest absolute Gasteiger partial charge is 0.324 e. The number of ether oxygens (including phenoxy) is 1. The molecular formula is C16H18N4O4S. The van der Waals surface area contributed by atoms with Crippen molar-refractivity contribution >= 4 is 34.1 Å². The van der Waals surface area contributed by atoms with Crippen LogP contribution in [-0.2, 0) is 4.79 Å². The Labute approximate surface area is 148 Å². The fourth-order valence-corrected chi connectivity index (χ4v) is 2.59. The summed E-state index contributed by atoms with van der Waals surface area (Å²) < 4.78 is 5.36. The van der Waals surface area contributed by atoms with Crippen LogP contribution in [-0.4, -0.2) is 29.7 Å². The third kappa shape index (κ3) is 5.57. The van der Waals surface area contributed by atoms with E-state index in [0.29, 0.717) is 11.5 Å². The van der Waals surface area contributed by atoms with Crippen LogP contribution in [0.25, 0.3) is 0 Å². The van der Waals surface area contributed by atoms with Crippen LogP contribution in [0.4, 0.5) is 10.7 Å². The second-order valence-electron chi connectivity index (χ2n) is 4.99. The SMILES string of the molecule is CCOc1ccc(N[C@@H](C)C(=O)N/N=C\c2ccc([N+](=O)[O-])s2)cc1. The summed E-state index contributed by atoms with van der Waals surface area (Å²) in [5.74, 6) is 0.441. The lowest BCUT2D eigenvalue weighted by molar-refractivity contribution is -0.380. The van der Waals surface area contributed by atoms with E-state index in [9.17, 15) is 14.9 Å². The number of nitrogens with zero attached hydrogens (tertiary/aromatic N) is 2. The van der Waals surface area contributed by atoms with Crippen molar-refractivity contribution in [2.24, 2.45) is 5.10 Å². The van der Waals surface area contributed by atoms with E-state index < -0.39 is 11.0 Å². The molecule has 0 spiro atoms. The summed E-state index contributed by atoms with van der Waals surface area (Å²) in [4.78, 5) is 22.7. The molecule has 132 valence electrons. The second kappa shape index (κ2) is 8.78. The second-order valence-corrected chi connectivity index (χ2v) is 6.08. The monoisotopic (exact) mass is 362 g/mol. The van der Waals surface area contributed by atoms with Gasteiger partial charge in [0.25, 0.3) is 5.91 Å². The first-order valence-electron chi connectivity index (χ1n) is 7.56. The summed E-state index contributed by atoms with van der Waals surface area (Å²) in [5.41, 5.74) is 3.18. The lowest BCUT2D eigenvalue weighted by Crippen LogP contribution is -2.34. The zero-order chi connectivity index (χ0) is 18.2. The highest BCUT2D eigenvalue weighted by Gasteiger charge is 2.12. The highest BCUT2D eigenvalue weighted by Crippen LogP contribution is 2.22. The van der Waals surface area contributed by atoms with Gasteiger partial charge in [-0.05, 0) is 44.2 Å². The van der Waals surface area contributed by atoms with Crippen molar-refractivity contribution in [3.63, 3.8) is 0 Å². The standard InChI is InChI=1S/C16H18N4O4S/c1-3-24-13-6-4-12(5-7-13)18-11(2)16(21)19-17-10-14-8-9-15(25-14)20(22)23/h4-11,18H,3H2,1-2H3,(H,19,21)/b17-10-/t11-/m0/s1. The van der Waals surface area contributed by atoms with Crippen molar-refractivity contribution in [2.45, 2.75) is 19.9 Å². The maximum absolute atomic E-state index is 12.0. The number of hydrogen-bond acceptors (Lipinski definition) is 7. The van der Waals surface area contributed by atoms with Crippen molar-refractivity contribution in [3.05, 3.63) is 51.4 Å². The number of carbonyl (C=O) groups is 1. The number of nitrogens with one attached hydrogen (secondary N) is 2. The summed E-state index contributed by atoms with van der Waals surface area (Å²) >= 11 is 0.982. The van der Waals surface area contributed by atoms with Gasteiger partial charge in [-0.2, -0.15) is 5.10 Å². The molecule has 1 aromatic heterocycles. The number of benzene rings is 1. The first-order valence-corrected chi connectivity index (χ1v) is 8.37. The number of anilines is 1. The molecule has 0 unspecified atom stereocenters. The molecule has 0 saturated carbocycles. The third-order valence-electron chi connectivity index (χ3n) is 3.10. The van der Waals surface area contributed by atoms with Crippen LogP contribution >= 0.6 is 11.3 Å². The van der Waals surface area contributed by atoms with Crippen molar-refractivity contribution < 1.29 is 14.5 Å². The minimum Gasteiger partial charge on any atom is -0.494 e. The number of rotatable bonds is 8. The molecule has 2 rings (SSSR count). The van der Waals surface area contributed by atoms with Gasteiger partial charge in [-0.25, -0.2) is 5.43 Å². The maximum Gasteiger partial charge on any atom is 0.324 e. The van der Waals surface area contributed by atoms with E-state index in [1.54, 1.807) is 13.0 Å². The van der Waals surface area contributed by atoms with E-state index in [4.69, 9.17) is 4.74 Å². The molecular weight excluding hydrogens is 344 g/mol. The van der Waals surface area contributed by atoms with Crippen LogP contribution in [0.5, 0.6) is 5.75 Å². The summed E-state index contributed by atoms with van der Waals surface area (Å²) in [6.45, 7) is 4.21. The minimum atomic E-state index is -0.507. The van der Waals surface area contributed by atoms with Gasteiger partial charge >= 0.3 is 5.00 Å². The zero-order valence-electron chi connectivity index (χ0n) is 13.8. The number of carbonyl (C=O) groups excluding carboxylic acids is 1. The predicted molar refractivity (Wildman–Crippen MR) is 97.4 cm³/mol. The third-order valence-corrected chi connectivity index (χ3v) is 4.07. The first kappa shape index (κ1) is 18.4. The normalized spacial score (nSPS) is 11.9. The Balaban J connectivity index is 1.84. The molecule has 1 aromatic carbocycles. The molecule has 0 bridgehead atoms. The summed E-state index contributed by atoms with van der Waals surface area (Å²) in [5, 5.41) is 17.5. The molecule has 2 N–H and O–H groups in total. The van der Waals surface area contributed by atoms with Gasteiger partial charge in [0.2, 0.25) is 0 Å². The number of amides is 1. The van der Waals surface area contributed by atoms with Crippen molar-refractivity contribution in [2.75, 3.05) is 11.9 Å². The van der Waals surface area contributed by atoms with Gasteiger partial charge < -0.3 is 10.1 Å². The van der Waals surface area contributed by atoms with E-state index in [1.807, 2.05) is 31.2 Å². The topological polar surface area (TPSA) is 106 Å². The van der Waals surface area contributed by atoms with Gasteiger partial charge in [0.05, 0.1) is 22.6 Å². The van der Waals surface area contributed by atoms with Crippen LogP contribution < -0.4 is 15.5 Å². The fraction of sp³-hybridized carbons (Fsp3) is 0.250. The lowest BCUT2D eigenvalue weighted by Gasteiger charge is -2.13. The minimum absolute atomic E-state index is 0.0262. The number of hydrazone groups is 1. The quantitative estimate of drug-likeness (QED) is 0.426. The molecule has 2 aromatic rings. The Hall–Kier alpha value is -2.94. The Morgan fingerprint density at radius 1 is 1.36 bits per heavy atom. The van der Waals surface area contributed by atoms with Crippen molar-refractivity contribution in [1.29, 1.82) is 0 Å². The summed E-state index contributed by atoms with van der Waals surface area (Å²) in [6.07, 6.45) is 1.37. The Kier molecular flexibility index (Phi) is 6.47. The van der Waals surface area contributed by atoms with Crippen LogP contribution in [0.3, 0.4) is 0 Å². The molecule has 0 fully saturated rings. The zero-order valence-corrected chi connectivity index (χ0v) is 14.6. The van der Waals surface area contributed by atoms with E-state index in [0.717, 1.165) is 22.8 Å². The van der Waals surface area contributed by atoms with Gasteiger partial charge in [-0.1, -0.05) is 11.3 Å². The molecule has 0 aliphatic rings. The van der Waals surface area contributed by atoms with Gasteiger partial charge in [0.1, 0.15) is 11.8 Å². The predicted octanol–water partition coefficient (Wildman–Crippen LogP) is 3.01. The van der Waals surface area contributed by atoms with E-state index in [1.165, 1.54) is 12.3 Å². The highest BCUT2D eigenvalue weighted by molar-refractivity contribution is 7.16. The molecule has 8 nitrogen and oxygen atoms in total. The molecule has 0 radical (unpaired) electrons. The van der Waals surface area contributed by atoms with Crippen molar-refractivity contribution in [3.8, 4) is 5.75 Å². The highest BCUT2D eigenvalue weighted by atomic mass is 32.1. The molecule has 9 heteroatoms. The van der Waals surface area contributed by atoms with Crippen LogP contribution in [0.15, 0.2) is 41.5 Å². The molecule has 0 aliphatic heterocycles. The Bertz CT molecular complexity index is 758. The Morgan fingerprint density at radius 2 is 2.08 bits per heavy atom. The summed E-state index contributed by atoms with van der Waals surface area (Å²) in [6, 6.07) is 9.74. The largest absolute Gasteiger partial charge is 0.494 e. The fourth-order valence-electron chi connectivity index (χ4n) is 1.90. The van der Waals surface area contributed by atoms with Gasteiger partial charge in [0.15, 0.2) is 0 Å². The van der Waals surface area contributed by atoms with E-state index in [-0.39, 0.29) is 10.9 Å². The Morgan fingerprint density at radius 3 is 2.68 bits per heavy atom. The van der Waals surface area contributed by atoms with Crippen LogP contribution in [0.2, 0.25) is 0 Å². The van der Waals surface area contributed by atoms with Gasteiger partial charge in [0, 0.05) is 11.8 Å². The number of nitro groups is 1. The number of hydrogen-bond donors (Lipinski definition) is 2. The van der Waals surface area contributed by atoms with Crippen molar-refractivity contribution in [1.82, 2.24) is 5.43 Å². The lowest BCUT2D eigenvalue weighted by atomic mass is 10.2. The molecule has 25 heavy (non-hydrogen) atoms. The number of thiophene rings is 1. The molecule has 1 amide bonds. The summed E-state index contributed by atoms with van der Waals surface area (Å²) in [7, 11) is 0. The molecule has 0 aliphatic carbocycles. The molecule has 1 heterocycles. The first-order chi connectivity index (χ1) is 12.0. The molecule has 1 atom stereocenters. The van der Waals surface area contributed by atoms with Crippen LogP contribution in [0.1, 0.15) is 18.7 Å². The van der Waals surface area contributed by atoms with Crippen LogP contribution in [0, 0.1) is 10.1 Å². The molecule has 0 saturated heterocycles. The average Bonchev–Trinajstić information content (AvgIpc) is 3.06. The van der Waals surface area contributed by atoms with E-state index >= 15 is 0 Å².